The smallest absolute Gasteiger partial charge is 0.459 e. The van der Waals surface area contributed by atoms with E-state index < -0.39 is 62.5 Å². The van der Waals surface area contributed by atoms with E-state index in [4.69, 9.17) is 35.4 Å². The van der Waals surface area contributed by atoms with Crippen LogP contribution in [0.2, 0.25) is 0 Å². The highest BCUT2D eigenvalue weighted by atomic mass is 31.2. The second-order valence-corrected chi connectivity index (χ2v) is 13.1. The number of nitrogens with zero attached hydrogens (tertiary/aromatic N) is 5. The number of rotatable bonds is 14. The number of anilines is 2. The highest BCUT2D eigenvalue weighted by Gasteiger charge is 2.58. The summed E-state index contributed by atoms with van der Waals surface area (Å²) in [5, 5.41) is 13.6. The van der Waals surface area contributed by atoms with Crippen LogP contribution in [0, 0.1) is 12.3 Å². The third-order valence-electron chi connectivity index (χ3n) is 7.25. The van der Waals surface area contributed by atoms with Crippen LogP contribution in [0.4, 0.5) is 16.2 Å². The maximum absolute atomic E-state index is 16.4. The SMILES string of the molecule is C#C[C@@]1(F)[C@H](O)[C@@H](COP(=O)(N[C@@H](C)C(=O)OC(C)C)Oc2ccccc2CCC(=O)OC)O[C@H]1n1cnc2c(N(C)C)nc(N)nc21. The summed E-state index contributed by atoms with van der Waals surface area (Å²) in [6, 6.07) is 5.21. The van der Waals surface area contributed by atoms with Gasteiger partial charge in [0.25, 0.3) is 0 Å². The predicted octanol–water partition coefficient (Wildman–Crippen LogP) is 2.31. The lowest BCUT2D eigenvalue weighted by molar-refractivity contribution is -0.149. The molecular weight excluding hydrogens is 652 g/mol. The van der Waals surface area contributed by atoms with Gasteiger partial charge in [-0.2, -0.15) is 15.1 Å². The summed E-state index contributed by atoms with van der Waals surface area (Å²) in [7, 11) is 0.128. The summed E-state index contributed by atoms with van der Waals surface area (Å²) in [4.78, 5) is 38.7. The molecule has 1 aliphatic rings. The molecule has 1 unspecified atom stereocenters. The number of ether oxygens (including phenoxy) is 3. The topological polar surface area (TPSA) is 202 Å². The number of nitrogen functional groups attached to an aromatic ring is 1. The zero-order valence-corrected chi connectivity index (χ0v) is 28.2. The highest BCUT2D eigenvalue weighted by molar-refractivity contribution is 7.52. The van der Waals surface area contributed by atoms with Crippen molar-refractivity contribution in [1.82, 2.24) is 24.6 Å². The molecule has 0 saturated carbocycles. The number of aromatic nitrogens is 4. The molecule has 4 N–H and O–H groups in total. The van der Waals surface area contributed by atoms with E-state index in [1.807, 2.05) is 5.92 Å². The lowest BCUT2D eigenvalue weighted by Crippen LogP contribution is -2.42. The molecule has 3 aromatic rings. The Balaban J connectivity index is 1.64. The van der Waals surface area contributed by atoms with Gasteiger partial charge in [-0.05, 0) is 38.8 Å². The van der Waals surface area contributed by atoms with Crippen LogP contribution in [-0.2, 0) is 39.3 Å². The first-order chi connectivity index (χ1) is 22.6. The first-order valence-electron chi connectivity index (χ1n) is 14.9. The molecule has 18 heteroatoms. The lowest BCUT2D eigenvalue weighted by atomic mass is 9.97. The van der Waals surface area contributed by atoms with Crippen LogP contribution >= 0.6 is 7.75 Å². The number of imidazole rings is 1. The van der Waals surface area contributed by atoms with Gasteiger partial charge in [0.1, 0.15) is 24.0 Å². The molecule has 0 radical (unpaired) electrons. The number of hydrogen-bond acceptors (Lipinski definition) is 14. The number of benzene rings is 1. The van der Waals surface area contributed by atoms with Crippen LogP contribution in [0.3, 0.4) is 0 Å². The van der Waals surface area contributed by atoms with Crippen LogP contribution in [0.1, 0.15) is 39.0 Å². The van der Waals surface area contributed by atoms with Crippen molar-refractivity contribution in [1.29, 1.82) is 0 Å². The van der Waals surface area contributed by atoms with Crippen molar-refractivity contribution in [2.24, 2.45) is 0 Å². The molecule has 48 heavy (non-hydrogen) atoms. The van der Waals surface area contributed by atoms with Gasteiger partial charge in [-0.1, -0.05) is 24.1 Å². The standard InChI is InChI=1S/C30H39FN7O9P/c1-8-30(31)24(40)21(46-28(30)38-16-33-23-25(37(5)6)34-29(32)35-26(23)38)15-44-48(42,36-18(4)27(41)45-17(2)3)47-20-12-10-9-11-19(20)13-14-22(39)43-7/h1,9-12,16-18,21,24,28,40H,13-15H2,2-7H3,(H,36,42)(H2,32,34,35)/t18-,21+,24+,28+,30+,48?/m0/s1. The minimum atomic E-state index is -4.54. The molecule has 0 aliphatic carbocycles. The van der Waals surface area contributed by atoms with Gasteiger partial charge in [0.2, 0.25) is 11.6 Å². The van der Waals surface area contributed by atoms with Crippen molar-refractivity contribution < 1.29 is 46.9 Å². The van der Waals surface area contributed by atoms with Crippen molar-refractivity contribution in [2.75, 3.05) is 38.4 Å². The Morgan fingerprint density at radius 3 is 2.65 bits per heavy atom. The molecule has 1 aliphatic heterocycles. The predicted molar refractivity (Wildman–Crippen MR) is 171 cm³/mol. The average molecular weight is 692 g/mol. The highest BCUT2D eigenvalue weighted by Crippen LogP contribution is 2.49. The molecule has 2 aromatic heterocycles. The van der Waals surface area contributed by atoms with Crippen LogP contribution < -0.4 is 20.2 Å². The van der Waals surface area contributed by atoms with Crippen molar-refractivity contribution in [3.63, 3.8) is 0 Å². The second kappa shape index (κ2) is 14.8. The van der Waals surface area contributed by atoms with Gasteiger partial charge >= 0.3 is 19.7 Å². The van der Waals surface area contributed by atoms with Gasteiger partial charge in [0.15, 0.2) is 23.2 Å². The third kappa shape index (κ3) is 7.86. The Morgan fingerprint density at radius 2 is 2.00 bits per heavy atom. The third-order valence-corrected chi connectivity index (χ3v) is 8.88. The van der Waals surface area contributed by atoms with Gasteiger partial charge in [-0.3, -0.25) is 18.7 Å². The number of esters is 2. The van der Waals surface area contributed by atoms with Crippen molar-refractivity contribution in [2.45, 2.75) is 69.9 Å². The maximum atomic E-state index is 16.4. The molecule has 1 fully saturated rings. The summed E-state index contributed by atoms with van der Waals surface area (Å²) < 4.78 is 59.2. The summed E-state index contributed by atoms with van der Waals surface area (Å²) in [5.74, 6) is 1.02. The van der Waals surface area contributed by atoms with Crippen LogP contribution in [0.25, 0.3) is 11.2 Å². The average Bonchev–Trinajstić information content (AvgIpc) is 3.56. The number of aryl methyl sites for hydroxylation is 1. The van der Waals surface area contributed by atoms with Gasteiger partial charge in [-0.25, -0.2) is 13.9 Å². The number of terminal acetylenes is 1. The van der Waals surface area contributed by atoms with E-state index in [0.29, 0.717) is 11.4 Å². The van der Waals surface area contributed by atoms with Crippen molar-refractivity contribution in [3.8, 4) is 18.1 Å². The van der Waals surface area contributed by atoms with Crippen LogP contribution in [0.15, 0.2) is 30.6 Å². The van der Waals surface area contributed by atoms with E-state index >= 15 is 4.39 Å². The van der Waals surface area contributed by atoms with E-state index in [9.17, 15) is 19.3 Å². The number of carbonyl (C=O) groups is 2. The zero-order chi connectivity index (χ0) is 35.4. The number of nitrogens with two attached hydrogens (primary N) is 1. The molecule has 4 rings (SSSR count). The summed E-state index contributed by atoms with van der Waals surface area (Å²) in [5.41, 5.74) is 3.88. The number of methoxy groups -OCH3 is 1. The molecule has 16 nitrogen and oxygen atoms in total. The number of nitrogens with one attached hydrogen (secondary N) is 1. The second-order valence-electron chi connectivity index (χ2n) is 11.4. The van der Waals surface area contributed by atoms with E-state index in [1.165, 1.54) is 31.0 Å². The van der Waals surface area contributed by atoms with E-state index in [0.717, 1.165) is 0 Å². The Bertz CT molecular complexity index is 1730. The summed E-state index contributed by atoms with van der Waals surface area (Å²) >= 11 is 0. The van der Waals surface area contributed by atoms with Crippen molar-refractivity contribution >= 4 is 42.6 Å². The Labute approximate surface area is 276 Å². The number of halogens is 1. The molecule has 0 bridgehead atoms. The molecule has 3 heterocycles. The van der Waals surface area contributed by atoms with Crippen LogP contribution in [-0.4, -0.2) is 94.4 Å². The molecular formula is C30H39FN7O9P. The summed E-state index contributed by atoms with van der Waals surface area (Å²) in [6.45, 7) is 3.95. The fourth-order valence-corrected chi connectivity index (χ4v) is 6.41. The minimum absolute atomic E-state index is 0.00369. The first-order valence-corrected chi connectivity index (χ1v) is 16.4. The van der Waals surface area contributed by atoms with E-state index in [-0.39, 0.29) is 35.7 Å². The molecule has 6 atom stereocenters. The number of aliphatic hydroxyl groups excluding tert-OH is 1. The van der Waals surface area contributed by atoms with E-state index in [2.05, 4.69) is 20.0 Å². The summed E-state index contributed by atoms with van der Waals surface area (Å²) in [6.07, 6.45) is 1.31. The Morgan fingerprint density at radius 1 is 1.29 bits per heavy atom. The Hall–Kier alpha value is -4.33. The van der Waals surface area contributed by atoms with E-state index in [1.54, 1.807) is 51.0 Å². The number of fused-ring (bicyclic) bond motifs is 1. The fourth-order valence-electron chi connectivity index (χ4n) is 4.87. The lowest BCUT2D eigenvalue weighted by Gasteiger charge is -2.26. The fraction of sp³-hybridized carbons (Fsp3) is 0.500. The Kier molecular flexibility index (Phi) is 11.3. The maximum Gasteiger partial charge on any atom is 0.459 e. The van der Waals surface area contributed by atoms with Gasteiger partial charge < -0.3 is 34.5 Å². The van der Waals surface area contributed by atoms with Gasteiger partial charge in [0.05, 0.1) is 26.1 Å². The van der Waals surface area contributed by atoms with Crippen LogP contribution in [0.5, 0.6) is 5.75 Å². The number of para-hydroxylation sites is 1. The first kappa shape index (κ1) is 36.5. The van der Waals surface area contributed by atoms with Crippen molar-refractivity contribution in [3.05, 3.63) is 36.2 Å². The number of aliphatic hydroxyl groups is 1. The molecule has 1 saturated heterocycles. The molecule has 0 spiro atoms. The number of hydrogen-bond donors (Lipinski definition) is 3. The molecule has 260 valence electrons. The monoisotopic (exact) mass is 691 g/mol. The molecule has 1 aromatic carbocycles. The largest absolute Gasteiger partial charge is 0.469 e. The quantitative estimate of drug-likeness (QED) is 0.126. The normalized spacial score (nSPS) is 22.5. The number of carbonyl (C=O) groups excluding carboxylic acids is 2. The van der Waals surface area contributed by atoms with Gasteiger partial charge in [-0.15, -0.1) is 6.42 Å². The minimum Gasteiger partial charge on any atom is -0.469 e. The zero-order valence-electron chi connectivity index (χ0n) is 27.3. The number of alkyl halides is 1. The molecule has 0 amide bonds. The van der Waals surface area contributed by atoms with Gasteiger partial charge in [0, 0.05) is 20.5 Å².